The van der Waals surface area contributed by atoms with E-state index in [0.29, 0.717) is 52.9 Å². The Hall–Kier alpha value is -4.33. The SMILES string of the molecule is COc1cc(C(=O)N2C[C@H]3CCC[C@@H](NC(=O)c4ccc(NC(=O)c5ccccc5)cc4)[C@H]3C2)cc(OC)c1C. The number of carbonyl (C=O) groups excluding carboxylic acids is 3. The Labute approximate surface area is 234 Å². The molecule has 0 bridgehead atoms. The van der Waals surface area contributed by atoms with Crippen LogP contribution < -0.4 is 20.1 Å². The van der Waals surface area contributed by atoms with Gasteiger partial charge in [-0.05, 0) is 74.2 Å². The molecule has 1 heterocycles. The molecule has 5 rings (SSSR count). The second kappa shape index (κ2) is 11.8. The lowest BCUT2D eigenvalue weighted by Crippen LogP contribution is -2.45. The normalized spacial score (nSPS) is 19.9. The van der Waals surface area contributed by atoms with Crippen LogP contribution >= 0.6 is 0 Å². The fourth-order valence-corrected chi connectivity index (χ4v) is 5.96. The molecule has 3 amide bonds. The second-order valence-electron chi connectivity index (χ2n) is 10.5. The maximum atomic E-state index is 13.5. The average molecular weight is 542 g/mol. The summed E-state index contributed by atoms with van der Waals surface area (Å²) in [5, 5.41) is 6.09. The highest BCUT2D eigenvalue weighted by atomic mass is 16.5. The molecule has 208 valence electrons. The Morgan fingerprint density at radius 3 is 2.10 bits per heavy atom. The van der Waals surface area contributed by atoms with E-state index < -0.39 is 0 Å². The summed E-state index contributed by atoms with van der Waals surface area (Å²) in [6.07, 6.45) is 2.92. The molecule has 3 atom stereocenters. The number of amides is 3. The third-order valence-electron chi connectivity index (χ3n) is 8.14. The van der Waals surface area contributed by atoms with E-state index in [4.69, 9.17) is 9.47 Å². The van der Waals surface area contributed by atoms with Crippen molar-refractivity contribution >= 4 is 23.4 Å². The number of hydrogen-bond acceptors (Lipinski definition) is 5. The van der Waals surface area contributed by atoms with E-state index in [2.05, 4.69) is 10.6 Å². The molecule has 0 unspecified atom stereocenters. The molecule has 1 saturated carbocycles. The molecule has 1 saturated heterocycles. The van der Waals surface area contributed by atoms with E-state index >= 15 is 0 Å². The molecule has 1 aliphatic carbocycles. The van der Waals surface area contributed by atoms with Gasteiger partial charge in [-0.1, -0.05) is 24.6 Å². The first-order valence-corrected chi connectivity index (χ1v) is 13.7. The minimum Gasteiger partial charge on any atom is -0.496 e. The number of carbonyl (C=O) groups is 3. The number of nitrogens with one attached hydrogen (secondary N) is 2. The number of benzene rings is 3. The molecule has 2 fully saturated rings. The lowest BCUT2D eigenvalue weighted by Gasteiger charge is -2.33. The molecular weight excluding hydrogens is 506 g/mol. The summed E-state index contributed by atoms with van der Waals surface area (Å²) >= 11 is 0. The van der Waals surface area contributed by atoms with Crippen molar-refractivity contribution in [2.24, 2.45) is 11.8 Å². The number of anilines is 1. The van der Waals surface area contributed by atoms with Crippen LogP contribution in [-0.2, 0) is 0 Å². The van der Waals surface area contributed by atoms with Crippen LogP contribution in [0.1, 0.15) is 55.9 Å². The first kappa shape index (κ1) is 27.2. The minimum absolute atomic E-state index is 0.0106. The molecule has 0 aromatic heterocycles. The Morgan fingerprint density at radius 1 is 0.800 bits per heavy atom. The van der Waals surface area contributed by atoms with Gasteiger partial charge in [0.15, 0.2) is 0 Å². The van der Waals surface area contributed by atoms with Crippen molar-refractivity contribution in [3.8, 4) is 11.5 Å². The van der Waals surface area contributed by atoms with Crippen molar-refractivity contribution in [1.29, 1.82) is 0 Å². The van der Waals surface area contributed by atoms with Gasteiger partial charge in [0.2, 0.25) is 0 Å². The summed E-state index contributed by atoms with van der Waals surface area (Å²) in [5.74, 6) is 1.38. The van der Waals surface area contributed by atoms with Gasteiger partial charge in [0.25, 0.3) is 17.7 Å². The van der Waals surface area contributed by atoms with Crippen LogP contribution in [-0.4, -0.2) is 56.0 Å². The molecule has 3 aromatic rings. The highest BCUT2D eigenvalue weighted by Crippen LogP contribution is 2.38. The van der Waals surface area contributed by atoms with Gasteiger partial charge in [-0.3, -0.25) is 14.4 Å². The van der Waals surface area contributed by atoms with Crippen LogP contribution in [0.15, 0.2) is 66.7 Å². The van der Waals surface area contributed by atoms with E-state index in [-0.39, 0.29) is 29.7 Å². The number of rotatable bonds is 7. The maximum Gasteiger partial charge on any atom is 0.255 e. The van der Waals surface area contributed by atoms with E-state index in [0.717, 1.165) is 24.8 Å². The molecule has 2 N–H and O–H groups in total. The largest absolute Gasteiger partial charge is 0.496 e. The second-order valence-corrected chi connectivity index (χ2v) is 10.5. The molecule has 1 aliphatic heterocycles. The maximum absolute atomic E-state index is 13.5. The number of likely N-dealkylation sites (tertiary alicyclic amines) is 1. The van der Waals surface area contributed by atoms with Crippen molar-refractivity contribution in [2.45, 2.75) is 32.2 Å². The molecule has 0 spiro atoms. The van der Waals surface area contributed by atoms with Gasteiger partial charge in [-0.2, -0.15) is 0 Å². The first-order chi connectivity index (χ1) is 19.4. The van der Waals surface area contributed by atoms with Crippen LogP contribution in [0, 0.1) is 18.8 Å². The predicted molar refractivity (Wildman–Crippen MR) is 153 cm³/mol. The Kier molecular flexibility index (Phi) is 8.05. The third kappa shape index (κ3) is 5.66. The van der Waals surface area contributed by atoms with Gasteiger partial charge in [0.05, 0.1) is 14.2 Å². The summed E-state index contributed by atoms with van der Waals surface area (Å²) in [5.41, 5.74) is 3.12. The van der Waals surface area contributed by atoms with E-state index in [1.807, 2.05) is 30.0 Å². The van der Waals surface area contributed by atoms with Gasteiger partial charge in [-0.15, -0.1) is 0 Å². The number of ether oxygens (including phenoxy) is 2. The number of fused-ring (bicyclic) bond motifs is 1. The smallest absolute Gasteiger partial charge is 0.255 e. The fraction of sp³-hybridized carbons (Fsp3) is 0.344. The molecule has 40 heavy (non-hydrogen) atoms. The van der Waals surface area contributed by atoms with Crippen molar-refractivity contribution in [3.63, 3.8) is 0 Å². The monoisotopic (exact) mass is 541 g/mol. The summed E-state index contributed by atoms with van der Waals surface area (Å²) in [7, 11) is 3.17. The zero-order valence-corrected chi connectivity index (χ0v) is 23.1. The lowest BCUT2D eigenvalue weighted by molar-refractivity contribution is 0.0781. The van der Waals surface area contributed by atoms with Gasteiger partial charge < -0.3 is 25.0 Å². The summed E-state index contributed by atoms with van der Waals surface area (Å²) in [4.78, 5) is 41.0. The quantitative estimate of drug-likeness (QED) is 0.442. The molecule has 2 aliphatic rings. The topological polar surface area (TPSA) is 97.0 Å². The Bertz CT molecular complexity index is 1360. The van der Waals surface area contributed by atoms with Crippen LogP contribution in [0.2, 0.25) is 0 Å². The zero-order valence-electron chi connectivity index (χ0n) is 23.1. The van der Waals surface area contributed by atoms with Crippen molar-refractivity contribution < 1.29 is 23.9 Å². The van der Waals surface area contributed by atoms with Gasteiger partial charge in [-0.25, -0.2) is 0 Å². The lowest BCUT2D eigenvalue weighted by atomic mass is 9.78. The van der Waals surface area contributed by atoms with Crippen LogP contribution in [0.3, 0.4) is 0 Å². The van der Waals surface area contributed by atoms with Crippen molar-refractivity contribution in [3.05, 3.63) is 89.0 Å². The summed E-state index contributed by atoms with van der Waals surface area (Å²) in [6.45, 7) is 3.17. The zero-order chi connectivity index (χ0) is 28.2. The fourth-order valence-electron chi connectivity index (χ4n) is 5.96. The molecule has 8 heteroatoms. The van der Waals surface area contributed by atoms with Crippen molar-refractivity contribution in [2.75, 3.05) is 32.6 Å². The third-order valence-corrected chi connectivity index (χ3v) is 8.14. The van der Waals surface area contributed by atoms with E-state index in [9.17, 15) is 14.4 Å². The number of methoxy groups -OCH3 is 2. The van der Waals surface area contributed by atoms with Crippen LogP contribution in [0.5, 0.6) is 11.5 Å². The first-order valence-electron chi connectivity index (χ1n) is 13.7. The average Bonchev–Trinajstić information content (AvgIpc) is 3.43. The van der Waals surface area contributed by atoms with Crippen LogP contribution in [0.4, 0.5) is 5.69 Å². The van der Waals surface area contributed by atoms with Gasteiger partial charge >= 0.3 is 0 Å². The highest BCUT2D eigenvalue weighted by molar-refractivity contribution is 6.04. The number of hydrogen-bond donors (Lipinski definition) is 2. The minimum atomic E-state index is -0.200. The summed E-state index contributed by atoms with van der Waals surface area (Å²) < 4.78 is 10.9. The standard InChI is InChI=1S/C32H35N3O5/c1-20-28(39-2)16-24(17-29(20)40-3)32(38)35-18-23-10-7-11-27(26(23)19-35)34-31(37)22-12-14-25(15-13-22)33-30(36)21-8-5-4-6-9-21/h4-6,8-9,12-17,23,26-27H,7,10-11,18-19H2,1-3H3,(H,33,36)(H,34,37)/t23-,26+,27-/m1/s1. The summed E-state index contributed by atoms with van der Waals surface area (Å²) in [6, 6.07) is 19.4. The highest BCUT2D eigenvalue weighted by Gasteiger charge is 2.42. The number of nitrogens with zero attached hydrogens (tertiary/aromatic N) is 1. The van der Waals surface area contributed by atoms with Gasteiger partial charge in [0, 0.05) is 53.0 Å². The van der Waals surface area contributed by atoms with Crippen molar-refractivity contribution in [1.82, 2.24) is 10.2 Å². The van der Waals surface area contributed by atoms with E-state index in [1.165, 1.54) is 0 Å². The molecule has 3 aromatic carbocycles. The molecule has 0 radical (unpaired) electrons. The Morgan fingerprint density at radius 2 is 1.45 bits per heavy atom. The van der Waals surface area contributed by atoms with Crippen LogP contribution in [0.25, 0.3) is 0 Å². The van der Waals surface area contributed by atoms with E-state index in [1.54, 1.807) is 62.8 Å². The predicted octanol–water partition coefficient (Wildman–Crippen LogP) is 4.94. The molecular formula is C32H35N3O5. The Balaban J connectivity index is 1.22. The van der Waals surface area contributed by atoms with Gasteiger partial charge in [0.1, 0.15) is 11.5 Å². The molecule has 8 nitrogen and oxygen atoms in total.